The van der Waals surface area contributed by atoms with Crippen molar-refractivity contribution < 1.29 is 29.0 Å². The number of aliphatic carboxylic acids is 1. The summed E-state index contributed by atoms with van der Waals surface area (Å²) < 4.78 is 10.6. The lowest BCUT2D eigenvalue weighted by Gasteiger charge is -2.38. The van der Waals surface area contributed by atoms with Crippen molar-refractivity contribution in [3.8, 4) is 0 Å². The van der Waals surface area contributed by atoms with Crippen LogP contribution >= 0.6 is 0 Å². The molecule has 0 aliphatic heterocycles. The summed E-state index contributed by atoms with van der Waals surface area (Å²) in [6.45, 7) is 14.3. The van der Waals surface area contributed by atoms with Gasteiger partial charge in [-0.05, 0) is 52.7 Å². The number of hydrogen-bond donors (Lipinski definition) is 2. The molecule has 0 aromatic heterocycles. The number of carboxylic acids is 1. The average Bonchev–Trinajstić information content (AvgIpc) is 2.56. The highest BCUT2D eigenvalue weighted by Crippen LogP contribution is 2.31. The van der Waals surface area contributed by atoms with E-state index in [1.54, 1.807) is 79.7 Å². The fourth-order valence-electron chi connectivity index (χ4n) is 3.10. The van der Waals surface area contributed by atoms with Crippen LogP contribution in [0.2, 0.25) is 0 Å². The number of amides is 2. The fourth-order valence-corrected chi connectivity index (χ4v) is 3.10. The number of carbonyl (C=O) groups excluding carboxylic acids is 2. The molecule has 1 rings (SSSR count). The third-order valence-corrected chi connectivity index (χ3v) is 4.52. The van der Waals surface area contributed by atoms with Crippen molar-refractivity contribution in [1.82, 2.24) is 10.2 Å². The van der Waals surface area contributed by atoms with Crippen LogP contribution in [0.1, 0.15) is 66.5 Å². The first-order valence-electron chi connectivity index (χ1n) is 10.2. The van der Waals surface area contributed by atoms with E-state index in [2.05, 4.69) is 5.32 Å². The Morgan fingerprint density at radius 3 is 1.84 bits per heavy atom. The van der Waals surface area contributed by atoms with E-state index in [0.717, 1.165) is 16.0 Å². The van der Waals surface area contributed by atoms with Gasteiger partial charge in [0.1, 0.15) is 17.2 Å². The maximum Gasteiger partial charge on any atom is 0.410 e. The Morgan fingerprint density at radius 1 is 0.935 bits per heavy atom. The lowest BCUT2D eigenvalue weighted by atomic mass is 9.77. The summed E-state index contributed by atoms with van der Waals surface area (Å²) in [4.78, 5) is 37.5. The third-order valence-electron chi connectivity index (χ3n) is 4.52. The van der Waals surface area contributed by atoms with E-state index in [9.17, 15) is 19.5 Å². The van der Waals surface area contributed by atoms with E-state index >= 15 is 0 Å². The van der Waals surface area contributed by atoms with Gasteiger partial charge in [-0.2, -0.15) is 0 Å². The van der Waals surface area contributed by atoms with Crippen LogP contribution in [0.15, 0.2) is 24.3 Å². The zero-order valence-corrected chi connectivity index (χ0v) is 20.0. The molecular formula is C23H36N2O6. The molecule has 0 saturated carbocycles. The Labute approximate surface area is 184 Å². The van der Waals surface area contributed by atoms with Gasteiger partial charge in [0.05, 0.1) is 0 Å². The summed E-state index contributed by atoms with van der Waals surface area (Å²) in [7, 11) is 1.42. The number of likely N-dealkylation sites (N-methyl/N-ethyl adjacent to an activating group) is 1. The number of rotatable bonds is 6. The van der Waals surface area contributed by atoms with Gasteiger partial charge >= 0.3 is 18.2 Å². The Hall–Kier alpha value is -2.77. The summed E-state index contributed by atoms with van der Waals surface area (Å²) in [5.74, 6) is -1.13. The van der Waals surface area contributed by atoms with E-state index in [-0.39, 0.29) is 6.54 Å². The lowest BCUT2D eigenvalue weighted by Crippen LogP contribution is -2.54. The molecule has 0 radical (unpaired) electrons. The van der Waals surface area contributed by atoms with Crippen LogP contribution < -0.4 is 5.32 Å². The molecule has 1 aromatic carbocycles. The van der Waals surface area contributed by atoms with Gasteiger partial charge < -0.3 is 19.9 Å². The number of hydrogen-bond acceptors (Lipinski definition) is 5. The van der Waals surface area contributed by atoms with Crippen LogP contribution in [-0.4, -0.2) is 52.5 Å². The van der Waals surface area contributed by atoms with Gasteiger partial charge in [-0.15, -0.1) is 0 Å². The van der Waals surface area contributed by atoms with Crippen LogP contribution in [0.25, 0.3) is 0 Å². The molecule has 2 N–H and O–H groups in total. The highest BCUT2D eigenvalue weighted by Gasteiger charge is 2.42. The van der Waals surface area contributed by atoms with Gasteiger partial charge in [0.15, 0.2) is 0 Å². The molecule has 0 aliphatic rings. The SMILES string of the molecule is CN(C(=O)OC(C)(C)C)C(C(=O)O)C(C)(C)c1ccc(CNC(=O)OC(C)(C)C)cc1. The fraction of sp³-hybridized carbons (Fsp3) is 0.609. The van der Waals surface area contributed by atoms with E-state index in [1.165, 1.54) is 7.05 Å². The minimum absolute atomic E-state index is 0.274. The summed E-state index contributed by atoms with van der Waals surface area (Å²) in [6, 6.07) is 6.06. The molecule has 8 heteroatoms. The first kappa shape index (κ1) is 26.3. The molecule has 1 aromatic rings. The second-order valence-electron chi connectivity index (χ2n) is 10.1. The smallest absolute Gasteiger partial charge is 0.410 e. The van der Waals surface area contributed by atoms with Crippen LogP contribution in [0.4, 0.5) is 9.59 Å². The van der Waals surface area contributed by atoms with Crippen molar-refractivity contribution in [3.63, 3.8) is 0 Å². The molecule has 0 bridgehead atoms. The van der Waals surface area contributed by atoms with Crippen LogP contribution in [0.3, 0.4) is 0 Å². The number of nitrogens with zero attached hydrogens (tertiary/aromatic N) is 1. The maximum atomic E-state index is 12.5. The van der Waals surface area contributed by atoms with Crippen LogP contribution in [0, 0.1) is 0 Å². The molecule has 1 unspecified atom stereocenters. The molecule has 0 saturated heterocycles. The topological polar surface area (TPSA) is 105 Å². The minimum atomic E-state index is -1.15. The van der Waals surface area contributed by atoms with Crippen molar-refractivity contribution in [3.05, 3.63) is 35.4 Å². The normalized spacial score (nSPS) is 13.2. The van der Waals surface area contributed by atoms with E-state index < -0.39 is 40.8 Å². The van der Waals surface area contributed by atoms with Crippen molar-refractivity contribution in [2.45, 2.75) is 84.6 Å². The molecule has 1 atom stereocenters. The van der Waals surface area contributed by atoms with Crippen molar-refractivity contribution in [1.29, 1.82) is 0 Å². The Balaban J connectivity index is 2.98. The molecule has 2 amide bonds. The molecule has 0 fully saturated rings. The molecule has 0 aliphatic carbocycles. The number of benzene rings is 1. The van der Waals surface area contributed by atoms with Crippen molar-refractivity contribution >= 4 is 18.2 Å². The van der Waals surface area contributed by atoms with Crippen molar-refractivity contribution in [2.75, 3.05) is 7.05 Å². The summed E-state index contributed by atoms with van der Waals surface area (Å²) in [5, 5.41) is 12.6. The average molecular weight is 437 g/mol. The lowest BCUT2D eigenvalue weighted by molar-refractivity contribution is -0.145. The van der Waals surface area contributed by atoms with Gasteiger partial charge in [-0.3, -0.25) is 4.90 Å². The van der Waals surface area contributed by atoms with Gasteiger partial charge in [0.25, 0.3) is 0 Å². The highest BCUT2D eigenvalue weighted by molar-refractivity contribution is 5.82. The summed E-state index contributed by atoms with van der Waals surface area (Å²) in [5.41, 5.74) is -0.658. The minimum Gasteiger partial charge on any atom is -0.480 e. The number of nitrogens with one attached hydrogen (secondary N) is 1. The zero-order chi connectivity index (χ0) is 24.2. The number of ether oxygens (including phenoxy) is 2. The third kappa shape index (κ3) is 8.11. The second kappa shape index (κ2) is 9.58. The Morgan fingerprint density at radius 2 is 1.42 bits per heavy atom. The summed E-state index contributed by atoms with van der Waals surface area (Å²) in [6.07, 6.45) is -1.21. The Kier molecular flexibility index (Phi) is 8.11. The van der Waals surface area contributed by atoms with E-state index in [0.29, 0.717) is 0 Å². The number of carbonyl (C=O) groups is 3. The van der Waals surface area contributed by atoms with Crippen molar-refractivity contribution in [2.24, 2.45) is 0 Å². The first-order valence-corrected chi connectivity index (χ1v) is 10.2. The second-order valence-corrected chi connectivity index (χ2v) is 10.1. The quantitative estimate of drug-likeness (QED) is 0.688. The van der Waals surface area contributed by atoms with Crippen LogP contribution in [0.5, 0.6) is 0 Å². The van der Waals surface area contributed by atoms with E-state index in [4.69, 9.17) is 9.47 Å². The Bertz CT molecular complexity index is 788. The highest BCUT2D eigenvalue weighted by atomic mass is 16.6. The predicted molar refractivity (Wildman–Crippen MR) is 118 cm³/mol. The van der Waals surface area contributed by atoms with Gasteiger partial charge in [-0.25, -0.2) is 14.4 Å². The zero-order valence-electron chi connectivity index (χ0n) is 20.0. The molecular weight excluding hydrogens is 400 g/mol. The van der Waals surface area contributed by atoms with Gasteiger partial charge in [0, 0.05) is 19.0 Å². The van der Waals surface area contributed by atoms with Crippen LogP contribution in [-0.2, 0) is 26.2 Å². The number of carboxylic acid groups (broad SMARTS) is 1. The molecule has 8 nitrogen and oxygen atoms in total. The summed E-state index contributed by atoms with van der Waals surface area (Å²) >= 11 is 0. The van der Waals surface area contributed by atoms with Gasteiger partial charge in [-0.1, -0.05) is 38.1 Å². The van der Waals surface area contributed by atoms with E-state index in [1.807, 2.05) is 0 Å². The largest absolute Gasteiger partial charge is 0.480 e. The van der Waals surface area contributed by atoms with Gasteiger partial charge in [0.2, 0.25) is 0 Å². The number of alkyl carbamates (subject to hydrolysis) is 1. The molecule has 0 spiro atoms. The molecule has 31 heavy (non-hydrogen) atoms. The maximum absolute atomic E-state index is 12.5. The standard InChI is InChI=1S/C23H36N2O6/c1-21(2,3)30-19(28)24-14-15-10-12-16(13-11-15)23(7,8)17(18(26)27)25(9)20(29)31-22(4,5)6/h10-13,17H,14H2,1-9H3,(H,24,28)(H,26,27). The first-order chi connectivity index (χ1) is 13.9. The molecule has 0 heterocycles. The predicted octanol–water partition coefficient (Wildman–Crippen LogP) is 4.31. The molecule has 174 valence electrons. The monoisotopic (exact) mass is 436 g/mol.